The first-order chi connectivity index (χ1) is 21.3. The summed E-state index contributed by atoms with van der Waals surface area (Å²) in [5.41, 5.74) is 7.40. The van der Waals surface area contributed by atoms with Crippen LogP contribution in [0.2, 0.25) is 0 Å². The molecule has 0 saturated carbocycles. The average molecular weight is 620 g/mol. The summed E-state index contributed by atoms with van der Waals surface area (Å²) in [6, 6.07) is 16.1. The highest BCUT2D eigenvalue weighted by Gasteiger charge is 2.45. The second-order valence-electron chi connectivity index (χ2n) is 10.9. The lowest BCUT2D eigenvalue weighted by Crippen LogP contribution is -2.57. The Kier molecular flexibility index (Phi) is 11.6. The molecule has 232 valence electrons. The quantitative estimate of drug-likeness (QED) is 0.248. The van der Waals surface area contributed by atoms with Gasteiger partial charge in [0.25, 0.3) is 5.91 Å². The van der Waals surface area contributed by atoms with Gasteiger partial charge >= 0.3 is 0 Å². The van der Waals surface area contributed by atoms with Gasteiger partial charge < -0.3 is 26.1 Å². The highest BCUT2D eigenvalue weighted by molar-refractivity contribution is 7.98. The normalized spacial score (nSPS) is 17.9. The summed E-state index contributed by atoms with van der Waals surface area (Å²) >= 11 is 1.53. The van der Waals surface area contributed by atoms with E-state index < -0.39 is 41.2 Å². The Morgan fingerprint density at radius 3 is 2.52 bits per heavy atom. The third-order valence-electron chi connectivity index (χ3n) is 7.97. The standard InChI is InChI=1S/C33H38FN5O4S/c1-44-19-16-29(38-30(41)23-8-7-17-36-21-23)31(42)37-26(22-40)20-33(35,24-9-3-2-4-10-24)28-11-5-6-18-39(32(28)43)27-14-12-25(34)13-15-27/h2-4,7-10,12-15,17,21-22,26,28-29H,5-6,11,16,18-20,35H2,1H3,(H,37,42)(H,38,41)/t26?,28?,29-,33-/m0/s1. The molecule has 44 heavy (non-hydrogen) atoms. The lowest BCUT2D eigenvalue weighted by Gasteiger charge is -2.40. The van der Waals surface area contributed by atoms with E-state index in [1.807, 2.05) is 36.6 Å². The molecule has 2 heterocycles. The number of hydrogen-bond acceptors (Lipinski definition) is 7. The maximum atomic E-state index is 14.1. The van der Waals surface area contributed by atoms with Crippen molar-refractivity contribution in [3.63, 3.8) is 0 Å². The SMILES string of the molecule is CSCC[C@H](NC(=O)c1cccnc1)C(=O)NC(C=O)C[C@](N)(c1ccccc1)C1CCCCN(c2ccc(F)cc2)C1=O. The first-order valence-electron chi connectivity index (χ1n) is 14.6. The number of aldehydes is 1. The van der Waals surface area contributed by atoms with Crippen LogP contribution in [-0.4, -0.2) is 59.6 Å². The van der Waals surface area contributed by atoms with E-state index in [1.165, 1.54) is 30.1 Å². The number of nitrogens with one attached hydrogen (secondary N) is 2. The average Bonchev–Trinajstić information content (AvgIpc) is 3.25. The van der Waals surface area contributed by atoms with Crippen LogP contribution < -0.4 is 21.3 Å². The molecule has 1 aliphatic rings. The molecular formula is C33H38FN5O4S. The van der Waals surface area contributed by atoms with Crippen LogP contribution in [0.4, 0.5) is 10.1 Å². The Bertz CT molecular complexity index is 1410. The number of thioether (sulfide) groups is 1. The van der Waals surface area contributed by atoms with Crippen molar-refractivity contribution in [1.82, 2.24) is 15.6 Å². The Balaban J connectivity index is 1.60. The fourth-order valence-corrected chi connectivity index (χ4v) is 6.10. The van der Waals surface area contributed by atoms with E-state index in [2.05, 4.69) is 15.6 Å². The van der Waals surface area contributed by atoms with Crippen molar-refractivity contribution in [2.24, 2.45) is 11.7 Å². The molecule has 0 aliphatic carbocycles. The predicted molar refractivity (Wildman–Crippen MR) is 170 cm³/mol. The van der Waals surface area contributed by atoms with Crippen LogP contribution in [0.3, 0.4) is 0 Å². The van der Waals surface area contributed by atoms with Crippen molar-refractivity contribution in [2.75, 3.05) is 23.5 Å². The van der Waals surface area contributed by atoms with Crippen LogP contribution >= 0.6 is 11.8 Å². The summed E-state index contributed by atoms with van der Waals surface area (Å²) in [5.74, 6) is -1.74. The number of nitrogens with two attached hydrogens (primary N) is 1. The smallest absolute Gasteiger partial charge is 0.253 e. The minimum Gasteiger partial charge on any atom is -0.345 e. The Morgan fingerprint density at radius 2 is 1.86 bits per heavy atom. The number of pyridine rings is 1. The molecule has 0 bridgehead atoms. The molecule has 1 fully saturated rings. The molecule has 11 heteroatoms. The number of hydrogen-bond donors (Lipinski definition) is 3. The van der Waals surface area contributed by atoms with E-state index in [-0.39, 0.29) is 12.3 Å². The number of carbonyl (C=O) groups excluding carboxylic acids is 4. The van der Waals surface area contributed by atoms with Gasteiger partial charge in [-0.1, -0.05) is 36.8 Å². The van der Waals surface area contributed by atoms with Gasteiger partial charge in [0.05, 0.1) is 23.1 Å². The van der Waals surface area contributed by atoms with Gasteiger partial charge in [0, 0.05) is 24.6 Å². The second kappa shape index (κ2) is 15.6. The third-order valence-corrected chi connectivity index (χ3v) is 8.61. The summed E-state index contributed by atoms with van der Waals surface area (Å²) in [4.78, 5) is 58.6. The zero-order valence-corrected chi connectivity index (χ0v) is 25.5. The number of amides is 3. The molecule has 0 radical (unpaired) electrons. The molecule has 1 aromatic heterocycles. The van der Waals surface area contributed by atoms with Gasteiger partial charge in [-0.15, -0.1) is 0 Å². The molecule has 4 N–H and O–H groups in total. The number of aromatic nitrogens is 1. The van der Waals surface area contributed by atoms with Crippen LogP contribution in [-0.2, 0) is 19.9 Å². The lowest BCUT2D eigenvalue weighted by molar-refractivity contribution is -0.127. The molecule has 9 nitrogen and oxygen atoms in total. The molecule has 0 spiro atoms. The first kappa shape index (κ1) is 32.8. The second-order valence-corrected chi connectivity index (χ2v) is 11.9. The number of rotatable bonds is 13. The number of benzene rings is 2. The van der Waals surface area contributed by atoms with Crippen LogP contribution in [0.15, 0.2) is 79.1 Å². The fraction of sp³-hybridized carbons (Fsp3) is 0.364. The Morgan fingerprint density at radius 1 is 1.11 bits per heavy atom. The number of anilines is 1. The molecule has 3 aromatic rings. The summed E-state index contributed by atoms with van der Waals surface area (Å²) in [5, 5.41) is 5.54. The molecule has 1 saturated heterocycles. The zero-order chi connectivity index (χ0) is 31.5. The molecule has 4 atom stereocenters. The summed E-state index contributed by atoms with van der Waals surface area (Å²) in [6.07, 6.45) is 7.68. The summed E-state index contributed by atoms with van der Waals surface area (Å²) in [7, 11) is 0. The van der Waals surface area contributed by atoms with E-state index in [0.29, 0.717) is 48.2 Å². The van der Waals surface area contributed by atoms with E-state index in [1.54, 1.807) is 35.4 Å². The summed E-state index contributed by atoms with van der Waals surface area (Å²) in [6.45, 7) is 0.452. The van der Waals surface area contributed by atoms with Gasteiger partial charge in [-0.3, -0.25) is 19.4 Å². The minimum absolute atomic E-state index is 0.0499. The van der Waals surface area contributed by atoms with Crippen LogP contribution in [0, 0.1) is 11.7 Å². The number of halogens is 1. The van der Waals surface area contributed by atoms with Crippen LogP contribution in [0.25, 0.3) is 0 Å². The van der Waals surface area contributed by atoms with Gasteiger partial charge in [-0.25, -0.2) is 4.39 Å². The van der Waals surface area contributed by atoms with Gasteiger partial charge in [0.15, 0.2) is 0 Å². The maximum Gasteiger partial charge on any atom is 0.253 e. The van der Waals surface area contributed by atoms with Crippen molar-refractivity contribution in [2.45, 2.75) is 49.7 Å². The van der Waals surface area contributed by atoms with Crippen molar-refractivity contribution in [1.29, 1.82) is 0 Å². The van der Waals surface area contributed by atoms with Crippen molar-refractivity contribution >= 4 is 41.5 Å². The van der Waals surface area contributed by atoms with Crippen molar-refractivity contribution in [3.8, 4) is 0 Å². The molecule has 1 aliphatic heterocycles. The largest absolute Gasteiger partial charge is 0.345 e. The van der Waals surface area contributed by atoms with Gasteiger partial charge in [-0.05, 0) is 79.7 Å². The van der Waals surface area contributed by atoms with E-state index in [0.717, 1.165) is 12.8 Å². The maximum absolute atomic E-state index is 14.1. The van der Waals surface area contributed by atoms with Crippen LogP contribution in [0.1, 0.15) is 48.0 Å². The minimum atomic E-state index is -1.33. The topological polar surface area (TPSA) is 134 Å². The van der Waals surface area contributed by atoms with Crippen molar-refractivity contribution in [3.05, 3.63) is 96.1 Å². The Labute approximate surface area is 261 Å². The first-order valence-corrected chi connectivity index (χ1v) is 16.0. The van der Waals surface area contributed by atoms with Gasteiger partial charge in [-0.2, -0.15) is 11.8 Å². The molecule has 4 rings (SSSR count). The van der Waals surface area contributed by atoms with E-state index in [4.69, 9.17) is 5.73 Å². The molecule has 2 aromatic carbocycles. The summed E-state index contributed by atoms with van der Waals surface area (Å²) < 4.78 is 13.7. The number of carbonyl (C=O) groups is 4. The number of nitrogens with zero attached hydrogens (tertiary/aromatic N) is 2. The zero-order valence-electron chi connectivity index (χ0n) is 24.7. The van der Waals surface area contributed by atoms with E-state index >= 15 is 0 Å². The highest BCUT2D eigenvalue weighted by atomic mass is 32.2. The van der Waals surface area contributed by atoms with Gasteiger partial charge in [0.1, 0.15) is 18.1 Å². The van der Waals surface area contributed by atoms with E-state index in [9.17, 15) is 23.6 Å². The van der Waals surface area contributed by atoms with Gasteiger partial charge in [0.2, 0.25) is 11.8 Å². The third kappa shape index (κ3) is 8.09. The molecular weight excluding hydrogens is 581 g/mol. The highest BCUT2D eigenvalue weighted by Crippen LogP contribution is 2.38. The monoisotopic (exact) mass is 619 g/mol. The van der Waals surface area contributed by atoms with Crippen molar-refractivity contribution < 1.29 is 23.6 Å². The Hall–Kier alpha value is -4.09. The van der Waals surface area contributed by atoms with Crippen LogP contribution in [0.5, 0.6) is 0 Å². The molecule has 3 amide bonds. The predicted octanol–water partition coefficient (Wildman–Crippen LogP) is 3.83. The fourth-order valence-electron chi connectivity index (χ4n) is 5.63. The molecule has 2 unspecified atom stereocenters. The lowest BCUT2D eigenvalue weighted by atomic mass is 9.72.